The van der Waals surface area contributed by atoms with Crippen LogP contribution in [-0.2, 0) is 4.79 Å². The molecular weight excluding hydrogens is 298 g/mol. The van der Waals surface area contributed by atoms with Gasteiger partial charge in [-0.2, -0.15) is 0 Å². The van der Waals surface area contributed by atoms with E-state index in [0.29, 0.717) is 28.7 Å². The number of benzene rings is 1. The van der Waals surface area contributed by atoms with E-state index in [1.807, 2.05) is 0 Å². The normalized spacial score (nSPS) is 18.5. The van der Waals surface area contributed by atoms with Crippen molar-refractivity contribution in [3.05, 3.63) is 28.2 Å². The minimum atomic E-state index is -0.199. The smallest absolute Gasteiger partial charge is 0.252 e. The first-order chi connectivity index (χ1) is 8.56. The Morgan fingerprint density at radius 3 is 3.00 bits per heavy atom. The van der Waals surface area contributed by atoms with Crippen molar-refractivity contribution in [2.45, 2.75) is 18.9 Å². The van der Waals surface area contributed by atoms with Gasteiger partial charge in [-0.3, -0.25) is 9.59 Å². The third-order valence-corrected chi connectivity index (χ3v) is 3.52. The van der Waals surface area contributed by atoms with Crippen LogP contribution in [0.3, 0.4) is 0 Å². The minimum Gasteiger partial charge on any atom is -0.399 e. The molecule has 1 heterocycles. The largest absolute Gasteiger partial charge is 0.399 e. The summed E-state index contributed by atoms with van der Waals surface area (Å²) in [5.41, 5.74) is 6.68. The summed E-state index contributed by atoms with van der Waals surface area (Å²) in [6.07, 6.45) is 1.29. The van der Waals surface area contributed by atoms with E-state index in [1.165, 1.54) is 0 Å². The highest BCUT2D eigenvalue weighted by molar-refractivity contribution is 9.10. The first kappa shape index (κ1) is 12.9. The molecule has 6 heteroatoms. The van der Waals surface area contributed by atoms with Crippen molar-refractivity contribution < 1.29 is 9.59 Å². The van der Waals surface area contributed by atoms with Crippen molar-refractivity contribution in [3.63, 3.8) is 0 Å². The maximum Gasteiger partial charge on any atom is 0.252 e. The van der Waals surface area contributed by atoms with Crippen molar-refractivity contribution in [2.24, 2.45) is 0 Å². The van der Waals surface area contributed by atoms with Gasteiger partial charge in [0, 0.05) is 29.2 Å². The number of rotatable bonds is 3. The van der Waals surface area contributed by atoms with E-state index in [-0.39, 0.29) is 17.9 Å². The summed E-state index contributed by atoms with van der Waals surface area (Å²) in [6, 6.07) is 5.10. The van der Waals surface area contributed by atoms with Crippen LogP contribution in [0, 0.1) is 0 Å². The van der Waals surface area contributed by atoms with Gasteiger partial charge in [0.25, 0.3) is 5.91 Å². The monoisotopic (exact) mass is 311 g/mol. The molecule has 2 rings (SSSR count). The van der Waals surface area contributed by atoms with Crippen LogP contribution in [0.15, 0.2) is 22.7 Å². The Bertz CT molecular complexity index is 490. The fourth-order valence-corrected chi connectivity index (χ4v) is 2.29. The fourth-order valence-electron chi connectivity index (χ4n) is 1.86. The SMILES string of the molecule is Nc1ccc(Br)c(C(=O)NCC2CCC(=O)N2)c1. The van der Waals surface area contributed by atoms with Gasteiger partial charge < -0.3 is 16.4 Å². The average molecular weight is 312 g/mol. The quantitative estimate of drug-likeness (QED) is 0.729. The number of anilines is 1. The molecular formula is C12H14BrN3O2. The molecule has 0 spiro atoms. The Kier molecular flexibility index (Phi) is 3.86. The number of hydrogen-bond acceptors (Lipinski definition) is 3. The van der Waals surface area contributed by atoms with E-state index in [0.717, 1.165) is 6.42 Å². The van der Waals surface area contributed by atoms with E-state index in [4.69, 9.17) is 5.73 Å². The number of nitrogen functional groups attached to an aromatic ring is 1. The van der Waals surface area contributed by atoms with Crippen LogP contribution in [0.2, 0.25) is 0 Å². The highest BCUT2D eigenvalue weighted by Crippen LogP contribution is 2.19. The molecule has 1 aromatic rings. The predicted molar refractivity (Wildman–Crippen MR) is 72.1 cm³/mol. The molecule has 1 aromatic carbocycles. The highest BCUT2D eigenvalue weighted by atomic mass is 79.9. The molecule has 0 aromatic heterocycles. The van der Waals surface area contributed by atoms with Crippen molar-refractivity contribution in [1.29, 1.82) is 0 Å². The van der Waals surface area contributed by atoms with Crippen LogP contribution in [0.1, 0.15) is 23.2 Å². The molecule has 1 unspecified atom stereocenters. The molecule has 0 aliphatic carbocycles. The van der Waals surface area contributed by atoms with Crippen molar-refractivity contribution in [1.82, 2.24) is 10.6 Å². The molecule has 4 N–H and O–H groups in total. The Balaban J connectivity index is 1.95. The second-order valence-electron chi connectivity index (χ2n) is 4.25. The summed E-state index contributed by atoms with van der Waals surface area (Å²) in [4.78, 5) is 23.0. The van der Waals surface area contributed by atoms with Crippen LogP contribution in [-0.4, -0.2) is 24.4 Å². The number of halogens is 1. The van der Waals surface area contributed by atoms with Gasteiger partial charge in [0.15, 0.2) is 0 Å². The van der Waals surface area contributed by atoms with Crippen molar-refractivity contribution in [3.8, 4) is 0 Å². The lowest BCUT2D eigenvalue weighted by molar-refractivity contribution is -0.119. The molecule has 18 heavy (non-hydrogen) atoms. The first-order valence-electron chi connectivity index (χ1n) is 5.69. The molecule has 96 valence electrons. The van der Waals surface area contributed by atoms with E-state index in [1.54, 1.807) is 18.2 Å². The molecule has 1 atom stereocenters. The van der Waals surface area contributed by atoms with Gasteiger partial charge in [-0.05, 0) is 40.5 Å². The molecule has 0 saturated carbocycles. The zero-order chi connectivity index (χ0) is 13.1. The number of carbonyl (C=O) groups excluding carboxylic acids is 2. The van der Waals surface area contributed by atoms with E-state index in [2.05, 4.69) is 26.6 Å². The van der Waals surface area contributed by atoms with Crippen LogP contribution < -0.4 is 16.4 Å². The van der Waals surface area contributed by atoms with Gasteiger partial charge >= 0.3 is 0 Å². The summed E-state index contributed by atoms with van der Waals surface area (Å²) >= 11 is 3.31. The Morgan fingerprint density at radius 1 is 1.56 bits per heavy atom. The van der Waals surface area contributed by atoms with E-state index >= 15 is 0 Å². The molecule has 0 bridgehead atoms. The molecule has 1 fully saturated rings. The fraction of sp³-hybridized carbons (Fsp3) is 0.333. The van der Waals surface area contributed by atoms with Gasteiger partial charge in [-0.25, -0.2) is 0 Å². The van der Waals surface area contributed by atoms with Gasteiger partial charge in [0.2, 0.25) is 5.91 Å². The van der Waals surface area contributed by atoms with Crippen LogP contribution in [0.25, 0.3) is 0 Å². The molecule has 1 aliphatic rings. The van der Waals surface area contributed by atoms with Gasteiger partial charge in [-0.15, -0.1) is 0 Å². The maximum atomic E-state index is 11.9. The van der Waals surface area contributed by atoms with Crippen LogP contribution in [0.5, 0.6) is 0 Å². The topological polar surface area (TPSA) is 84.2 Å². The molecule has 5 nitrogen and oxygen atoms in total. The Morgan fingerprint density at radius 2 is 2.33 bits per heavy atom. The lowest BCUT2D eigenvalue weighted by Crippen LogP contribution is -2.38. The molecule has 0 radical (unpaired) electrons. The highest BCUT2D eigenvalue weighted by Gasteiger charge is 2.21. The van der Waals surface area contributed by atoms with E-state index < -0.39 is 0 Å². The van der Waals surface area contributed by atoms with Gasteiger partial charge in [0.1, 0.15) is 0 Å². The summed E-state index contributed by atoms with van der Waals surface area (Å²) in [6.45, 7) is 0.436. The zero-order valence-electron chi connectivity index (χ0n) is 9.70. The third kappa shape index (κ3) is 3.01. The Hall–Kier alpha value is -1.56. The number of nitrogens with two attached hydrogens (primary N) is 1. The van der Waals surface area contributed by atoms with Crippen molar-refractivity contribution in [2.75, 3.05) is 12.3 Å². The van der Waals surface area contributed by atoms with Crippen molar-refractivity contribution >= 4 is 33.4 Å². The summed E-state index contributed by atoms with van der Waals surface area (Å²) in [7, 11) is 0. The molecule has 1 aliphatic heterocycles. The zero-order valence-corrected chi connectivity index (χ0v) is 11.3. The van der Waals surface area contributed by atoms with Gasteiger partial charge in [-0.1, -0.05) is 0 Å². The standard InChI is InChI=1S/C12H14BrN3O2/c13-10-3-1-7(14)5-9(10)12(18)15-6-8-2-4-11(17)16-8/h1,3,5,8H,2,4,6,14H2,(H,15,18)(H,16,17). The van der Waals surface area contributed by atoms with Crippen LogP contribution >= 0.6 is 15.9 Å². The average Bonchev–Trinajstić information content (AvgIpc) is 2.75. The lowest BCUT2D eigenvalue weighted by Gasteiger charge is -2.12. The summed E-state index contributed by atoms with van der Waals surface area (Å²) in [5.74, 6) is -0.158. The van der Waals surface area contributed by atoms with E-state index in [9.17, 15) is 9.59 Å². The maximum absolute atomic E-state index is 11.9. The number of hydrogen-bond donors (Lipinski definition) is 3. The third-order valence-electron chi connectivity index (χ3n) is 2.83. The second kappa shape index (κ2) is 5.39. The first-order valence-corrected chi connectivity index (χ1v) is 6.48. The summed E-state index contributed by atoms with van der Waals surface area (Å²) < 4.78 is 0.699. The predicted octanol–water partition coefficient (Wildman–Crippen LogP) is 1.04. The summed E-state index contributed by atoms with van der Waals surface area (Å²) in [5, 5.41) is 5.59. The number of carbonyl (C=O) groups is 2. The minimum absolute atomic E-state index is 0.0290. The lowest BCUT2D eigenvalue weighted by atomic mass is 10.1. The molecule has 1 saturated heterocycles. The Labute approximate surface area is 113 Å². The molecule has 2 amide bonds. The second-order valence-corrected chi connectivity index (χ2v) is 5.11. The number of amides is 2. The number of nitrogens with one attached hydrogen (secondary N) is 2. The van der Waals surface area contributed by atoms with Gasteiger partial charge in [0.05, 0.1) is 5.56 Å². The van der Waals surface area contributed by atoms with Crippen LogP contribution in [0.4, 0.5) is 5.69 Å².